The van der Waals surface area contributed by atoms with E-state index in [1.807, 2.05) is 0 Å². The van der Waals surface area contributed by atoms with Gasteiger partial charge in [0.1, 0.15) is 0 Å². The summed E-state index contributed by atoms with van der Waals surface area (Å²) in [6, 6.07) is 4.96. The second-order valence-electron chi connectivity index (χ2n) is 4.43. The molecule has 0 aliphatic heterocycles. The third kappa shape index (κ3) is 3.22. The fraction of sp³-hybridized carbons (Fsp3) is 0.214. The zero-order valence-corrected chi connectivity index (χ0v) is 10.8. The molecular formula is C14H9F6NO. The lowest BCUT2D eigenvalue weighted by Crippen LogP contribution is -2.10. The first kappa shape index (κ1) is 16.3. The molecule has 0 aliphatic carbocycles. The molecule has 0 bridgehead atoms. The van der Waals surface area contributed by atoms with E-state index in [2.05, 4.69) is 4.98 Å². The maximum Gasteiger partial charge on any atom is 0.417 e. The molecule has 1 aromatic heterocycles. The minimum absolute atomic E-state index is 0.327. The van der Waals surface area contributed by atoms with Crippen molar-refractivity contribution < 1.29 is 31.4 Å². The van der Waals surface area contributed by atoms with Gasteiger partial charge in [-0.1, -0.05) is 18.2 Å². The number of hydrogen-bond acceptors (Lipinski definition) is 2. The van der Waals surface area contributed by atoms with Gasteiger partial charge in [0.2, 0.25) is 0 Å². The van der Waals surface area contributed by atoms with Crippen molar-refractivity contribution in [1.82, 2.24) is 4.98 Å². The summed E-state index contributed by atoms with van der Waals surface area (Å²) in [5, 5.41) is 9.18. The number of benzene rings is 1. The minimum Gasteiger partial charge on any atom is -0.392 e. The van der Waals surface area contributed by atoms with Gasteiger partial charge in [-0.25, -0.2) is 0 Å². The average Bonchev–Trinajstić information content (AvgIpc) is 2.44. The largest absolute Gasteiger partial charge is 0.417 e. The van der Waals surface area contributed by atoms with Crippen LogP contribution in [0.25, 0.3) is 11.3 Å². The minimum atomic E-state index is -4.70. The normalized spacial score (nSPS) is 12.5. The third-order valence-corrected chi connectivity index (χ3v) is 2.95. The first-order chi connectivity index (χ1) is 10.1. The van der Waals surface area contributed by atoms with Crippen molar-refractivity contribution in [1.29, 1.82) is 0 Å². The highest BCUT2D eigenvalue weighted by molar-refractivity contribution is 5.68. The van der Waals surface area contributed by atoms with Gasteiger partial charge in [0.25, 0.3) is 0 Å². The molecule has 0 saturated carbocycles. The zero-order valence-electron chi connectivity index (χ0n) is 10.8. The lowest BCUT2D eigenvalue weighted by molar-refractivity contribution is -0.138. The highest BCUT2D eigenvalue weighted by atomic mass is 19.4. The number of pyridine rings is 1. The Morgan fingerprint density at radius 3 is 2.14 bits per heavy atom. The van der Waals surface area contributed by atoms with E-state index in [4.69, 9.17) is 0 Å². The smallest absolute Gasteiger partial charge is 0.392 e. The maximum absolute atomic E-state index is 13.0. The van der Waals surface area contributed by atoms with Crippen molar-refractivity contribution in [2.45, 2.75) is 19.0 Å². The van der Waals surface area contributed by atoms with Gasteiger partial charge in [-0.15, -0.1) is 0 Å². The van der Waals surface area contributed by atoms with Gasteiger partial charge in [-0.2, -0.15) is 26.3 Å². The summed E-state index contributed by atoms with van der Waals surface area (Å²) in [5.74, 6) is 0. The fourth-order valence-corrected chi connectivity index (χ4v) is 1.97. The summed E-state index contributed by atoms with van der Waals surface area (Å²) >= 11 is 0. The van der Waals surface area contributed by atoms with E-state index in [0.29, 0.717) is 12.3 Å². The molecule has 22 heavy (non-hydrogen) atoms. The van der Waals surface area contributed by atoms with Gasteiger partial charge in [0.15, 0.2) is 0 Å². The second-order valence-corrected chi connectivity index (χ2v) is 4.43. The number of halogens is 6. The Bertz CT molecular complexity index is 678. The quantitative estimate of drug-likeness (QED) is 0.838. The van der Waals surface area contributed by atoms with Crippen LogP contribution >= 0.6 is 0 Å². The van der Waals surface area contributed by atoms with Crippen LogP contribution in [0.5, 0.6) is 0 Å². The topological polar surface area (TPSA) is 33.1 Å². The highest BCUT2D eigenvalue weighted by Crippen LogP contribution is 2.38. The Morgan fingerprint density at radius 2 is 1.59 bits per heavy atom. The van der Waals surface area contributed by atoms with Gasteiger partial charge >= 0.3 is 12.4 Å². The predicted molar refractivity (Wildman–Crippen MR) is 65.6 cm³/mol. The third-order valence-electron chi connectivity index (χ3n) is 2.95. The first-order valence-corrected chi connectivity index (χ1v) is 5.98. The highest BCUT2D eigenvalue weighted by Gasteiger charge is 2.35. The van der Waals surface area contributed by atoms with E-state index in [9.17, 15) is 31.4 Å². The van der Waals surface area contributed by atoms with Crippen molar-refractivity contribution in [3.05, 3.63) is 53.2 Å². The van der Waals surface area contributed by atoms with Crippen LogP contribution in [-0.4, -0.2) is 10.1 Å². The zero-order chi connectivity index (χ0) is 16.5. The van der Waals surface area contributed by atoms with Crippen LogP contribution in [0.2, 0.25) is 0 Å². The van der Waals surface area contributed by atoms with Crippen LogP contribution in [0, 0.1) is 0 Å². The van der Waals surface area contributed by atoms with Crippen LogP contribution in [0.15, 0.2) is 36.5 Å². The molecule has 0 spiro atoms. The molecule has 0 unspecified atom stereocenters. The van der Waals surface area contributed by atoms with Gasteiger partial charge < -0.3 is 5.11 Å². The molecule has 0 atom stereocenters. The summed E-state index contributed by atoms with van der Waals surface area (Å²) in [5.41, 5.74) is -3.20. The summed E-state index contributed by atoms with van der Waals surface area (Å²) in [4.78, 5) is 3.48. The molecule has 2 aromatic rings. The van der Waals surface area contributed by atoms with E-state index < -0.39 is 30.1 Å². The molecule has 118 valence electrons. The second kappa shape index (κ2) is 5.60. The van der Waals surface area contributed by atoms with Gasteiger partial charge in [0.05, 0.1) is 23.4 Å². The molecule has 0 fully saturated rings. The molecular weight excluding hydrogens is 312 g/mol. The van der Waals surface area contributed by atoms with Crippen molar-refractivity contribution in [3.8, 4) is 11.3 Å². The molecule has 0 saturated heterocycles. The maximum atomic E-state index is 13.0. The van der Waals surface area contributed by atoms with Crippen LogP contribution in [0.1, 0.15) is 16.7 Å². The lowest BCUT2D eigenvalue weighted by atomic mass is 9.99. The Morgan fingerprint density at radius 1 is 0.955 bits per heavy atom. The molecule has 2 nitrogen and oxygen atoms in total. The molecule has 1 N–H and O–H groups in total. The number of rotatable bonds is 2. The number of nitrogens with zero attached hydrogens (tertiary/aromatic N) is 1. The summed E-state index contributed by atoms with van der Waals surface area (Å²) < 4.78 is 76.7. The van der Waals surface area contributed by atoms with Crippen LogP contribution < -0.4 is 0 Å². The molecule has 2 rings (SSSR count). The fourth-order valence-electron chi connectivity index (χ4n) is 1.97. The van der Waals surface area contributed by atoms with Crippen molar-refractivity contribution >= 4 is 0 Å². The monoisotopic (exact) mass is 321 g/mol. The molecule has 0 radical (unpaired) electrons. The van der Waals surface area contributed by atoms with E-state index in [0.717, 1.165) is 18.2 Å². The van der Waals surface area contributed by atoms with Crippen molar-refractivity contribution in [2.75, 3.05) is 0 Å². The van der Waals surface area contributed by atoms with Gasteiger partial charge in [-0.05, 0) is 12.1 Å². The van der Waals surface area contributed by atoms with Crippen LogP contribution in [-0.2, 0) is 19.0 Å². The molecule has 8 heteroatoms. The van der Waals surface area contributed by atoms with E-state index in [1.165, 1.54) is 6.07 Å². The standard InChI is InChI=1S/C14H9F6NO/c15-13(16,17)9-5-8(7-22)12(21-6-9)10-3-1-2-4-11(10)14(18,19)20/h1-6,22H,7H2. The van der Waals surface area contributed by atoms with E-state index in [-0.39, 0.29) is 16.8 Å². The Balaban J connectivity index is 2.64. The summed E-state index contributed by atoms with van der Waals surface area (Å²) in [6.45, 7) is -0.863. The van der Waals surface area contributed by atoms with Crippen LogP contribution in [0.3, 0.4) is 0 Å². The summed E-state index contributed by atoms with van der Waals surface area (Å²) in [7, 11) is 0. The van der Waals surface area contributed by atoms with E-state index in [1.54, 1.807) is 0 Å². The number of aliphatic hydroxyl groups excluding tert-OH is 1. The van der Waals surface area contributed by atoms with Crippen molar-refractivity contribution in [3.63, 3.8) is 0 Å². The van der Waals surface area contributed by atoms with E-state index >= 15 is 0 Å². The molecule has 1 aromatic carbocycles. The number of aliphatic hydroxyl groups is 1. The average molecular weight is 321 g/mol. The first-order valence-electron chi connectivity index (χ1n) is 5.98. The Kier molecular flexibility index (Phi) is 4.15. The van der Waals surface area contributed by atoms with Gasteiger partial charge in [0, 0.05) is 17.3 Å². The molecule has 0 aliphatic rings. The number of aromatic nitrogens is 1. The predicted octanol–water partition coefficient (Wildman–Crippen LogP) is 4.28. The molecule has 0 amide bonds. The number of alkyl halides is 6. The number of hydrogen-bond donors (Lipinski definition) is 1. The van der Waals surface area contributed by atoms with Gasteiger partial charge in [-0.3, -0.25) is 4.98 Å². The Hall–Kier alpha value is -2.09. The summed E-state index contributed by atoms with van der Waals surface area (Å²) in [6.07, 6.45) is -8.94. The van der Waals surface area contributed by atoms with Crippen LogP contribution in [0.4, 0.5) is 26.3 Å². The SMILES string of the molecule is OCc1cc(C(F)(F)F)cnc1-c1ccccc1C(F)(F)F. The lowest BCUT2D eigenvalue weighted by Gasteiger charge is -2.15. The molecule has 1 heterocycles. The van der Waals surface area contributed by atoms with Crippen molar-refractivity contribution in [2.24, 2.45) is 0 Å². The Labute approximate surface area is 121 Å².